The number of nitrogens with zero attached hydrogens (tertiary/aromatic N) is 12. The van der Waals surface area contributed by atoms with Crippen LogP contribution in [-0.4, -0.2) is 194 Å². The van der Waals surface area contributed by atoms with E-state index in [1.54, 1.807) is 63.7 Å². The minimum Gasteiger partial charge on any atom is -0.380 e. The van der Waals surface area contributed by atoms with E-state index in [4.69, 9.17) is 49.0 Å². The van der Waals surface area contributed by atoms with Crippen LogP contribution in [0.3, 0.4) is 0 Å². The van der Waals surface area contributed by atoms with Crippen LogP contribution in [-0.2, 0) is 48.2 Å². The molecule has 33 heteroatoms. The zero-order chi connectivity index (χ0) is 83.8. The monoisotopic (exact) mass is 1730 g/mol. The summed E-state index contributed by atoms with van der Waals surface area (Å²) in [6, 6.07) is 11.6. The van der Waals surface area contributed by atoms with Gasteiger partial charge >= 0.3 is 17.1 Å². The van der Waals surface area contributed by atoms with Crippen LogP contribution in [0.1, 0.15) is 44.4 Å². The first-order valence-corrected chi connectivity index (χ1v) is 42.7. The van der Waals surface area contributed by atoms with Gasteiger partial charge in [0.1, 0.15) is 52.4 Å². The number of aromatic nitrogens is 6. The first-order valence-electron chi connectivity index (χ1n) is 38.6. The van der Waals surface area contributed by atoms with Gasteiger partial charge in [0.25, 0.3) is 0 Å². The van der Waals surface area contributed by atoms with Crippen LogP contribution in [0.4, 0.5) is 43.8 Å². The van der Waals surface area contributed by atoms with Gasteiger partial charge in [0.15, 0.2) is 0 Å². The highest BCUT2D eigenvalue weighted by Gasteiger charge is 2.47. The standard InChI is InChI=1S/2C29H29ClF2N4O3S.C27H25ClF2N4O3S/c1-5-23(37)34-9-17(4)35(10-16(34)3)27-19-6-15(2)24(18-7-20(30)22(32)8-21(18)31)26-25(19)36(28(38)33-27)11-29(14-40-26)12-39-13-29;1-5-23(37)36-16(3)9-34(10-17(36)4)27-19-6-15(2)24(18-7-20(30)22(32)8-21(18)31)26-25(19)35(28(38)33-27)11-29(14-40-26)12-39-13-29;1-3-21(35)32-4-6-33(7-5-32)25-17-8-15(2)22(16-9-18(28)20(30)10-19(16)29)24-23(17)34(26(36)31-25)11-27(14-38-24)12-37-13-27/h2*5-8,16-17H,1,9-14H2,2-4H3;3,8-10H,1,4-7,11-14H2,2H3/t2*16-,17+;/m1../s1. The first kappa shape index (κ1) is 82.8. The lowest BCUT2D eigenvalue weighted by Crippen LogP contribution is -2.58. The number of hydrogen-bond donors (Lipinski definition) is 0. The molecule has 6 saturated heterocycles. The summed E-state index contributed by atoms with van der Waals surface area (Å²) < 4.78 is 110. The van der Waals surface area contributed by atoms with Gasteiger partial charge in [0, 0.05) is 212 Å². The molecule has 6 fully saturated rings. The van der Waals surface area contributed by atoms with E-state index in [1.165, 1.54) is 36.4 Å². The van der Waals surface area contributed by atoms with Gasteiger partial charge in [-0.1, -0.05) is 54.5 Å². The van der Waals surface area contributed by atoms with Crippen LogP contribution in [0.15, 0.2) is 122 Å². The second kappa shape index (κ2) is 31.9. The van der Waals surface area contributed by atoms with E-state index in [-0.39, 0.29) is 95.6 Å². The summed E-state index contributed by atoms with van der Waals surface area (Å²) in [6.07, 6.45) is 3.94. The van der Waals surface area contributed by atoms with Crippen molar-refractivity contribution in [1.82, 2.24) is 43.4 Å². The molecule has 3 aromatic heterocycles. The summed E-state index contributed by atoms with van der Waals surface area (Å²) in [5, 5.41) is 1.81. The molecular formula is C85H83Cl3F6N12O9S3. The average molecular weight is 1730 g/mol. The first-order chi connectivity index (χ1) is 56.3. The molecule has 618 valence electrons. The van der Waals surface area contributed by atoms with Crippen LogP contribution >= 0.6 is 70.1 Å². The lowest BCUT2D eigenvalue weighted by atomic mass is 9.88. The van der Waals surface area contributed by atoms with Gasteiger partial charge in [0.05, 0.1) is 71.3 Å². The van der Waals surface area contributed by atoms with Crippen molar-refractivity contribution < 1.29 is 54.9 Å². The Kier molecular flexibility index (Phi) is 22.4. The average Bonchev–Trinajstić information content (AvgIpc) is 1.40. The summed E-state index contributed by atoms with van der Waals surface area (Å²) in [7, 11) is 0. The Bertz CT molecular complexity index is 5970. The number of piperazine rings is 3. The predicted molar refractivity (Wildman–Crippen MR) is 451 cm³/mol. The minimum atomic E-state index is -0.828. The maximum atomic E-state index is 15.3. The molecule has 0 N–H and O–H groups in total. The molecular weight excluding hydrogens is 1650 g/mol. The highest BCUT2D eigenvalue weighted by molar-refractivity contribution is 8.00. The van der Waals surface area contributed by atoms with E-state index in [9.17, 15) is 41.9 Å². The Balaban J connectivity index is 0.000000132. The van der Waals surface area contributed by atoms with Crippen LogP contribution in [0.5, 0.6) is 0 Å². The normalized spacial score (nSPS) is 20.7. The molecule has 6 aromatic carbocycles. The highest BCUT2D eigenvalue weighted by atomic mass is 35.5. The van der Waals surface area contributed by atoms with Crippen LogP contribution in [0.2, 0.25) is 15.1 Å². The third-order valence-electron chi connectivity index (χ3n) is 24.0. The predicted octanol–water partition coefficient (Wildman–Crippen LogP) is 14.3. The van der Waals surface area contributed by atoms with E-state index < -0.39 is 46.3 Å². The van der Waals surface area contributed by atoms with Crippen molar-refractivity contribution in [2.75, 3.05) is 124 Å². The summed E-state index contributed by atoms with van der Waals surface area (Å²) in [6.45, 7) is 32.6. The third kappa shape index (κ3) is 14.5. The van der Waals surface area contributed by atoms with Gasteiger partial charge in [-0.3, -0.25) is 28.1 Å². The molecule has 0 aliphatic carbocycles. The molecule has 9 aliphatic heterocycles. The second-order valence-corrected chi connectivity index (χ2v) is 36.7. The number of carbonyl (C=O) groups excluding carboxylic acids is 3. The minimum absolute atomic E-state index is 0.119. The Labute approximate surface area is 702 Å². The molecule has 9 aromatic rings. The largest absolute Gasteiger partial charge is 0.380 e. The van der Waals surface area contributed by atoms with Crippen molar-refractivity contribution in [3.05, 3.63) is 191 Å². The van der Waals surface area contributed by atoms with Crippen LogP contribution < -0.4 is 31.8 Å². The molecule has 12 heterocycles. The summed E-state index contributed by atoms with van der Waals surface area (Å²) >= 11 is 23.0. The zero-order valence-electron chi connectivity index (χ0n) is 65.7. The lowest BCUT2D eigenvalue weighted by molar-refractivity contribution is -0.131. The number of ether oxygens (including phenoxy) is 3. The molecule has 3 spiro atoms. The van der Waals surface area contributed by atoms with Gasteiger partial charge < -0.3 is 43.6 Å². The molecule has 0 unspecified atom stereocenters. The van der Waals surface area contributed by atoms with Crippen molar-refractivity contribution in [2.24, 2.45) is 16.2 Å². The van der Waals surface area contributed by atoms with E-state index in [0.717, 1.165) is 65.7 Å². The van der Waals surface area contributed by atoms with Crippen molar-refractivity contribution >= 4 is 138 Å². The van der Waals surface area contributed by atoms with Crippen molar-refractivity contribution in [1.29, 1.82) is 0 Å². The molecule has 0 bridgehead atoms. The fourth-order valence-electron chi connectivity index (χ4n) is 17.9. The van der Waals surface area contributed by atoms with E-state index in [0.29, 0.717) is 180 Å². The van der Waals surface area contributed by atoms with E-state index in [1.807, 2.05) is 71.6 Å². The van der Waals surface area contributed by atoms with Gasteiger partial charge in [-0.25, -0.2) is 40.7 Å². The molecule has 0 saturated carbocycles. The zero-order valence-corrected chi connectivity index (χ0v) is 70.4. The number of carbonyl (C=O) groups is 3. The maximum Gasteiger partial charge on any atom is 0.350 e. The Hall–Kier alpha value is -8.85. The molecule has 0 radical (unpaired) electrons. The fraction of sp³-hybridized carbons (Fsp3) is 0.400. The number of thioether (sulfide) groups is 3. The number of amides is 3. The van der Waals surface area contributed by atoms with Crippen molar-refractivity contribution in [3.63, 3.8) is 0 Å². The summed E-state index contributed by atoms with van der Waals surface area (Å²) in [5.74, 6) is -1.41. The molecule has 4 atom stereocenters. The second-order valence-electron chi connectivity index (χ2n) is 32.5. The van der Waals surface area contributed by atoms with Gasteiger partial charge in [-0.2, -0.15) is 15.0 Å². The number of anilines is 3. The molecule has 9 aliphatic rings. The Morgan fingerprint density at radius 1 is 0.441 bits per heavy atom. The number of halogens is 9. The number of aryl methyl sites for hydroxylation is 3. The highest BCUT2D eigenvalue weighted by Crippen LogP contribution is 2.53. The Morgan fingerprint density at radius 2 is 0.788 bits per heavy atom. The van der Waals surface area contributed by atoms with E-state index in [2.05, 4.69) is 44.5 Å². The van der Waals surface area contributed by atoms with Crippen molar-refractivity contribution in [2.45, 2.75) is 107 Å². The summed E-state index contributed by atoms with van der Waals surface area (Å²) in [5.41, 5.74) is 4.73. The van der Waals surface area contributed by atoms with Crippen LogP contribution in [0, 0.1) is 71.9 Å². The fourth-order valence-corrected chi connectivity index (χ4v) is 22.9. The lowest BCUT2D eigenvalue weighted by Gasteiger charge is -2.44. The maximum absolute atomic E-state index is 15.3. The number of hydrogen-bond acceptors (Lipinski definition) is 18. The van der Waals surface area contributed by atoms with Gasteiger partial charge in [-0.15, -0.1) is 35.3 Å². The molecule has 118 heavy (non-hydrogen) atoms. The van der Waals surface area contributed by atoms with Crippen molar-refractivity contribution in [3.8, 4) is 33.4 Å². The molecule has 18 rings (SSSR count). The smallest absolute Gasteiger partial charge is 0.350 e. The number of rotatable bonds is 9. The summed E-state index contributed by atoms with van der Waals surface area (Å²) in [4.78, 5) is 105. The third-order valence-corrected chi connectivity index (χ3v) is 29.1. The van der Waals surface area contributed by atoms with E-state index >= 15 is 13.2 Å². The van der Waals surface area contributed by atoms with Gasteiger partial charge in [0.2, 0.25) is 17.7 Å². The van der Waals surface area contributed by atoms with Gasteiger partial charge in [-0.05, 0) is 120 Å². The molecule has 21 nitrogen and oxygen atoms in total. The SMILES string of the molecule is C=CC(=O)N1CCN(c2nc(=O)n3c4c(c(-c5cc(Cl)c(F)cc5F)c(C)cc24)SCC2(COC2)C3)CC1.C=CC(=O)N1C[C@H](C)N(c2nc(=O)n3c4c(c(-c5cc(Cl)c(F)cc5F)c(C)cc24)SCC2(COC2)C3)C[C@H]1C.C=CC(=O)N1[C@H](C)CN(c2nc(=O)n3c4c(c(-c5cc(Cl)c(F)cc5F)c(C)cc24)SCC2(COC2)C3)C[C@@H]1C. The Morgan fingerprint density at radius 3 is 1.14 bits per heavy atom. The quantitative estimate of drug-likeness (QED) is 0.0749. The topological polar surface area (TPSA) is 203 Å². The molecule has 3 amide bonds. The van der Waals surface area contributed by atoms with Crippen LogP contribution in [0.25, 0.3) is 66.1 Å². The number of benzene rings is 6.